The molecule has 0 aromatic rings. The molecule has 114 valence electrons. The molecule has 3 fully saturated rings. The molecule has 3 aliphatic rings. The first-order chi connectivity index (χ1) is 9.76. The van der Waals surface area contributed by atoms with Crippen LogP contribution in [-0.4, -0.2) is 42.1 Å². The number of rotatable bonds is 2. The van der Waals surface area contributed by atoms with E-state index in [4.69, 9.17) is 10.8 Å². The van der Waals surface area contributed by atoms with E-state index in [2.05, 4.69) is 22.7 Å². The lowest BCUT2D eigenvalue weighted by atomic mass is 9.82. The highest BCUT2D eigenvalue weighted by molar-refractivity contribution is 5.79. The van der Waals surface area contributed by atoms with Crippen molar-refractivity contribution in [2.45, 2.75) is 82.0 Å². The van der Waals surface area contributed by atoms with E-state index in [1.165, 1.54) is 57.8 Å². The fourth-order valence-electron chi connectivity index (χ4n) is 4.26. The summed E-state index contributed by atoms with van der Waals surface area (Å²) < 4.78 is 0. The second kappa shape index (κ2) is 6.31. The Morgan fingerprint density at radius 3 is 2.30 bits per heavy atom. The molecule has 2 heterocycles. The summed E-state index contributed by atoms with van der Waals surface area (Å²) in [6, 6.07) is 2.48. The van der Waals surface area contributed by atoms with E-state index >= 15 is 0 Å². The highest BCUT2D eigenvalue weighted by Gasteiger charge is 2.36. The Morgan fingerprint density at radius 1 is 1.05 bits per heavy atom. The number of nitrogens with two attached hydrogens (primary N) is 1. The highest BCUT2D eigenvalue weighted by atomic mass is 15.3. The molecule has 0 aromatic carbocycles. The van der Waals surface area contributed by atoms with E-state index in [0.29, 0.717) is 12.1 Å². The maximum atomic E-state index is 5.66. The van der Waals surface area contributed by atoms with Crippen LogP contribution in [-0.2, 0) is 0 Å². The highest BCUT2D eigenvalue weighted by Crippen LogP contribution is 2.32. The molecule has 5 heteroatoms. The summed E-state index contributed by atoms with van der Waals surface area (Å²) in [6.07, 6.45) is 11.6. The number of piperidine rings is 2. The van der Waals surface area contributed by atoms with Crippen molar-refractivity contribution in [3.05, 3.63) is 0 Å². The third-order valence-corrected chi connectivity index (χ3v) is 5.45. The number of hydrogen-bond acceptors (Lipinski definition) is 3. The number of guanidine groups is 1. The van der Waals surface area contributed by atoms with Crippen LogP contribution in [0.15, 0.2) is 4.99 Å². The molecule has 0 spiro atoms. The second-order valence-electron chi connectivity index (χ2n) is 6.78. The summed E-state index contributed by atoms with van der Waals surface area (Å²) in [5, 5.41) is 3.57. The number of hydrogen-bond donors (Lipinski definition) is 3. The largest absolute Gasteiger partial charge is 0.352 e. The topological polar surface area (TPSA) is 65.7 Å². The van der Waals surface area contributed by atoms with Crippen LogP contribution in [0, 0.1) is 0 Å². The number of aliphatic imine (C=N–C) groups is 1. The van der Waals surface area contributed by atoms with Crippen LogP contribution >= 0.6 is 0 Å². The fourth-order valence-corrected chi connectivity index (χ4v) is 4.26. The zero-order chi connectivity index (χ0) is 13.9. The van der Waals surface area contributed by atoms with Gasteiger partial charge in [-0.3, -0.25) is 5.43 Å². The summed E-state index contributed by atoms with van der Waals surface area (Å²) in [5.41, 5.74) is 2.78. The molecular formula is C15H29N5. The minimum Gasteiger partial charge on any atom is -0.352 e. The molecule has 1 aliphatic carbocycles. The molecule has 0 radical (unpaired) electrons. The molecule has 20 heavy (non-hydrogen) atoms. The lowest BCUT2D eigenvalue weighted by molar-refractivity contribution is 0.0526. The summed E-state index contributed by atoms with van der Waals surface area (Å²) in [4.78, 5) is 7.35. The zero-order valence-corrected chi connectivity index (χ0v) is 12.6. The number of hydrazine groups is 1. The molecular weight excluding hydrogens is 250 g/mol. The Morgan fingerprint density at radius 2 is 1.70 bits per heavy atom. The predicted molar refractivity (Wildman–Crippen MR) is 82.4 cm³/mol. The Bertz CT molecular complexity index is 336. The maximum absolute atomic E-state index is 5.66. The Labute approximate surface area is 122 Å². The molecule has 4 N–H and O–H groups in total. The first-order valence-electron chi connectivity index (χ1n) is 8.29. The third kappa shape index (κ3) is 3.09. The van der Waals surface area contributed by atoms with Crippen molar-refractivity contribution in [1.29, 1.82) is 0 Å². The quantitative estimate of drug-likeness (QED) is 0.309. The van der Waals surface area contributed by atoms with Gasteiger partial charge in [0.1, 0.15) is 0 Å². The summed E-state index contributed by atoms with van der Waals surface area (Å²) in [7, 11) is 2.29. The first-order valence-corrected chi connectivity index (χ1v) is 8.29. The van der Waals surface area contributed by atoms with Gasteiger partial charge in [-0.1, -0.05) is 19.3 Å². The molecule has 5 nitrogen and oxygen atoms in total. The standard InChI is InChI=1S/C15H29N5/c1-20-13-7-4-8-14(20)10-12(9-13)18-15(19-16)17-11-5-2-3-6-11/h11-14H,2-10,16H2,1H3,(H2,17,18,19). The Balaban J connectivity index is 1.59. The van der Waals surface area contributed by atoms with Gasteiger partial charge in [-0.05, 0) is 45.6 Å². The van der Waals surface area contributed by atoms with Crippen LogP contribution in [0.2, 0.25) is 0 Å². The van der Waals surface area contributed by atoms with Crippen LogP contribution < -0.4 is 16.6 Å². The van der Waals surface area contributed by atoms with Crippen LogP contribution in [0.25, 0.3) is 0 Å². The van der Waals surface area contributed by atoms with Crippen molar-refractivity contribution in [2.24, 2.45) is 10.8 Å². The molecule has 2 saturated heterocycles. The average Bonchev–Trinajstić information content (AvgIpc) is 2.92. The van der Waals surface area contributed by atoms with E-state index in [1.807, 2.05) is 0 Å². The SMILES string of the molecule is CN1C2CCCC1CC(NC(=NC1CCCC1)NN)C2. The van der Waals surface area contributed by atoms with Gasteiger partial charge in [-0.25, -0.2) is 10.8 Å². The van der Waals surface area contributed by atoms with Gasteiger partial charge in [0.15, 0.2) is 0 Å². The normalized spacial score (nSPS) is 36.1. The number of fused-ring (bicyclic) bond motifs is 2. The van der Waals surface area contributed by atoms with Gasteiger partial charge in [0.2, 0.25) is 5.96 Å². The Hall–Kier alpha value is -0.810. The number of nitrogens with one attached hydrogen (secondary N) is 2. The van der Waals surface area contributed by atoms with Gasteiger partial charge >= 0.3 is 0 Å². The molecule has 2 aliphatic heterocycles. The summed E-state index contributed by atoms with van der Waals surface area (Å²) in [5.74, 6) is 6.47. The van der Waals surface area contributed by atoms with E-state index in [1.54, 1.807) is 0 Å². The average molecular weight is 279 g/mol. The van der Waals surface area contributed by atoms with Crippen LogP contribution in [0.4, 0.5) is 0 Å². The van der Waals surface area contributed by atoms with E-state index in [-0.39, 0.29) is 0 Å². The fraction of sp³-hybridized carbons (Fsp3) is 0.933. The van der Waals surface area contributed by atoms with Gasteiger partial charge in [-0.2, -0.15) is 0 Å². The van der Waals surface area contributed by atoms with Crippen LogP contribution in [0.5, 0.6) is 0 Å². The molecule has 3 rings (SSSR count). The van der Waals surface area contributed by atoms with Crippen molar-refractivity contribution < 1.29 is 0 Å². The van der Waals surface area contributed by atoms with Crippen molar-refractivity contribution in [2.75, 3.05) is 7.05 Å². The van der Waals surface area contributed by atoms with E-state index in [9.17, 15) is 0 Å². The minimum atomic E-state index is 0.472. The van der Waals surface area contributed by atoms with Crippen molar-refractivity contribution in [3.63, 3.8) is 0 Å². The summed E-state index contributed by atoms with van der Waals surface area (Å²) >= 11 is 0. The smallest absolute Gasteiger partial charge is 0.206 e. The van der Waals surface area contributed by atoms with E-state index in [0.717, 1.165) is 18.0 Å². The van der Waals surface area contributed by atoms with Crippen molar-refractivity contribution in [3.8, 4) is 0 Å². The van der Waals surface area contributed by atoms with Gasteiger partial charge in [0, 0.05) is 18.1 Å². The first kappa shape index (κ1) is 14.1. The molecule has 0 amide bonds. The molecule has 2 unspecified atom stereocenters. The van der Waals surface area contributed by atoms with E-state index < -0.39 is 0 Å². The van der Waals surface area contributed by atoms with Gasteiger partial charge in [0.05, 0.1) is 6.04 Å². The lowest BCUT2D eigenvalue weighted by Gasteiger charge is -2.47. The molecule has 2 atom stereocenters. The van der Waals surface area contributed by atoms with Crippen molar-refractivity contribution in [1.82, 2.24) is 15.6 Å². The second-order valence-corrected chi connectivity index (χ2v) is 6.78. The number of nitrogens with zero attached hydrogens (tertiary/aromatic N) is 2. The van der Waals surface area contributed by atoms with Crippen molar-refractivity contribution >= 4 is 5.96 Å². The van der Waals surface area contributed by atoms with Gasteiger partial charge < -0.3 is 10.2 Å². The van der Waals surface area contributed by atoms with Crippen LogP contribution in [0.1, 0.15) is 57.8 Å². The zero-order valence-electron chi connectivity index (χ0n) is 12.6. The molecule has 0 aromatic heterocycles. The maximum Gasteiger partial charge on any atom is 0.206 e. The summed E-state index contributed by atoms with van der Waals surface area (Å²) in [6.45, 7) is 0. The van der Waals surface area contributed by atoms with Gasteiger partial charge in [-0.15, -0.1) is 0 Å². The molecule has 2 bridgehead atoms. The van der Waals surface area contributed by atoms with Gasteiger partial charge in [0.25, 0.3) is 0 Å². The lowest BCUT2D eigenvalue weighted by Crippen LogP contribution is -2.57. The van der Waals surface area contributed by atoms with Crippen LogP contribution in [0.3, 0.4) is 0 Å². The third-order valence-electron chi connectivity index (χ3n) is 5.45. The monoisotopic (exact) mass is 279 g/mol. The Kier molecular flexibility index (Phi) is 4.46. The minimum absolute atomic E-state index is 0.472. The molecule has 1 saturated carbocycles. The predicted octanol–water partition coefficient (Wildman–Crippen LogP) is 1.35.